The third-order valence-electron chi connectivity index (χ3n) is 3.18. The largest absolute Gasteiger partial charge is 0.494 e. The lowest BCUT2D eigenvalue weighted by Crippen LogP contribution is -2.32. The van der Waals surface area contributed by atoms with E-state index in [0.29, 0.717) is 25.1 Å². The van der Waals surface area contributed by atoms with E-state index in [1.54, 1.807) is 24.3 Å². The number of benzene rings is 1. The number of hydrogen-bond acceptors (Lipinski definition) is 4. The summed E-state index contributed by atoms with van der Waals surface area (Å²) in [7, 11) is 1.30. The van der Waals surface area contributed by atoms with Crippen LogP contribution in [0.4, 0.5) is 5.69 Å². The zero-order chi connectivity index (χ0) is 13.9. The molecule has 0 unspecified atom stereocenters. The molecule has 1 amide bonds. The highest BCUT2D eigenvalue weighted by atomic mass is 16.5. The number of carbonyl (C=O) groups is 2. The third-order valence-corrected chi connectivity index (χ3v) is 3.18. The van der Waals surface area contributed by atoms with Crippen LogP contribution in [0.1, 0.15) is 19.8 Å². The molecule has 102 valence electrons. The zero-order valence-electron chi connectivity index (χ0n) is 11.1. The van der Waals surface area contributed by atoms with Gasteiger partial charge in [-0.2, -0.15) is 0 Å². The Morgan fingerprint density at radius 3 is 2.37 bits per heavy atom. The van der Waals surface area contributed by atoms with Crippen molar-refractivity contribution in [2.24, 2.45) is 5.41 Å². The van der Waals surface area contributed by atoms with Gasteiger partial charge in [0.2, 0.25) is 5.91 Å². The molecule has 5 heteroatoms. The van der Waals surface area contributed by atoms with E-state index in [1.165, 1.54) is 7.11 Å². The van der Waals surface area contributed by atoms with Crippen LogP contribution in [0, 0.1) is 5.41 Å². The van der Waals surface area contributed by atoms with E-state index in [9.17, 15) is 9.59 Å². The van der Waals surface area contributed by atoms with Crippen LogP contribution in [0.25, 0.3) is 0 Å². The number of nitrogens with one attached hydrogen (secondary N) is 1. The number of amides is 1. The van der Waals surface area contributed by atoms with Crippen molar-refractivity contribution in [1.29, 1.82) is 0 Å². The Morgan fingerprint density at radius 1 is 1.26 bits per heavy atom. The summed E-state index contributed by atoms with van der Waals surface area (Å²) in [5.41, 5.74) is -0.337. The van der Waals surface area contributed by atoms with Gasteiger partial charge in [0.25, 0.3) is 0 Å². The van der Waals surface area contributed by atoms with Crippen LogP contribution in [0.5, 0.6) is 5.75 Å². The molecule has 1 saturated carbocycles. The van der Waals surface area contributed by atoms with Gasteiger partial charge in [-0.25, -0.2) is 0 Å². The summed E-state index contributed by atoms with van der Waals surface area (Å²) < 4.78 is 9.98. The maximum Gasteiger partial charge on any atom is 0.321 e. The molecule has 0 heterocycles. The molecule has 0 aliphatic heterocycles. The maximum absolute atomic E-state index is 12.1. The number of ether oxygens (including phenoxy) is 2. The molecule has 0 atom stereocenters. The first-order chi connectivity index (χ1) is 9.12. The Labute approximate surface area is 111 Å². The van der Waals surface area contributed by atoms with Crippen molar-refractivity contribution in [1.82, 2.24) is 0 Å². The Hall–Kier alpha value is -2.04. The predicted molar refractivity (Wildman–Crippen MR) is 69.9 cm³/mol. The van der Waals surface area contributed by atoms with Gasteiger partial charge in [0.05, 0.1) is 13.7 Å². The minimum atomic E-state index is -0.979. The molecule has 1 aliphatic carbocycles. The number of methoxy groups -OCH3 is 1. The second kappa shape index (κ2) is 5.30. The number of carbonyl (C=O) groups excluding carboxylic acids is 2. The molecule has 2 rings (SSSR count). The van der Waals surface area contributed by atoms with Gasteiger partial charge in [-0.3, -0.25) is 9.59 Å². The molecule has 1 aliphatic rings. The zero-order valence-corrected chi connectivity index (χ0v) is 11.1. The lowest BCUT2D eigenvalue weighted by molar-refractivity contribution is -0.150. The van der Waals surface area contributed by atoms with Crippen molar-refractivity contribution in [3.63, 3.8) is 0 Å². The summed E-state index contributed by atoms with van der Waals surface area (Å²) in [5, 5.41) is 2.73. The van der Waals surface area contributed by atoms with Crippen molar-refractivity contribution in [2.45, 2.75) is 19.8 Å². The number of esters is 1. The molecule has 5 nitrogen and oxygen atoms in total. The molecule has 19 heavy (non-hydrogen) atoms. The second-order valence-electron chi connectivity index (χ2n) is 4.49. The van der Waals surface area contributed by atoms with Crippen LogP contribution >= 0.6 is 0 Å². The van der Waals surface area contributed by atoms with Gasteiger partial charge in [0, 0.05) is 5.69 Å². The average Bonchev–Trinajstić information content (AvgIpc) is 3.22. The molecule has 1 N–H and O–H groups in total. The van der Waals surface area contributed by atoms with E-state index in [1.807, 2.05) is 6.92 Å². The minimum Gasteiger partial charge on any atom is -0.494 e. The number of rotatable bonds is 5. The lowest BCUT2D eigenvalue weighted by atomic mass is 10.1. The fourth-order valence-corrected chi connectivity index (χ4v) is 1.90. The predicted octanol–water partition coefficient (Wildman–Crippen LogP) is 1.98. The Morgan fingerprint density at radius 2 is 1.89 bits per heavy atom. The van der Waals surface area contributed by atoms with Gasteiger partial charge >= 0.3 is 5.97 Å². The highest BCUT2D eigenvalue weighted by molar-refractivity contribution is 6.11. The highest BCUT2D eigenvalue weighted by Crippen LogP contribution is 2.47. The summed E-state index contributed by atoms with van der Waals surface area (Å²) in [6.07, 6.45) is 1.09. The van der Waals surface area contributed by atoms with Crippen molar-refractivity contribution in [3.05, 3.63) is 24.3 Å². The van der Waals surface area contributed by atoms with Gasteiger partial charge in [0.1, 0.15) is 11.2 Å². The van der Waals surface area contributed by atoms with Crippen molar-refractivity contribution in [3.8, 4) is 5.75 Å². The molecule has 1 aromatic carbocycles. The van der Waals surface area contributed by atoms with Crippen molar-refractivity contribution >= 4 is 17.6 Å². The van der Waals surface area contributed by atoms with E-state index >= 15 is 0 Å². The Kier molecular flexibility index (Phi) is 3.74. The topological polar surface area (TPSA) is 64.6 Å². The van der Waals surface area contributed by atoms with E-state index in [-0.39, 0.29) is 5.91 Å². The van der Waals surface area contributed by atoms with Gasteiger partial charge in [-0.05, 0) is 44.0 Å². The second-order valence-corrected chi connectivity index (χ2v) is 4.49. The Balaban J connectivity index is 2.01. The molecular weight excluding hydrogens is 246 g/mol. The van der Waals surface area contributed by atoms with Gasteiger partial charge < -0.3 is 14.8 Å². The maximum atomic E-state index is 12.1. The number of hydrogen-bond donors (Lipinski definition) is 1. The van der Waals surface area contributed by atoms with Crippen LogP contribution in [0.3, 0.4) is 0 Å². The molecular formula is C14H17NO4. The van der Waals surface area contributed by atoms with Crippen LogP contribution in [-0.2, 0) is 14.3 Å². The quantitative estimate of drug-likeness (QED) is 0.651. The van der Waals surface area contributed by atoms with Gasteiger partial charge in [-0.1, -0.05) is 0 Å². The highest BCUT2D eigenvalue weighted by Gasteiger charge is 2.57. The Bertz CT molecular complexity index is 477. The van der Waals surface area contributed by atoms with E-state index in [4.69, 9.17) is 4.74 Å². The number of anilines is 1. The van der Waals surface area contributed by atoms with Gasteiger partial charge in [0.15, 0.2) is 0 Å². The molecule has 1 aromatic rings. The summed E-state index contributed by atoms with van der Waals surface area (Å²) in [5.74, 6) is -0.0194. The summed E-state index contributed by atoms with van der Waals surface area (Å²) in [6, 6.07) is 7.04. The molecule has 0 spiro atoms. The van der Waals surface area contributed by atoms with Crippen molar-refractivity contribution in [2.75, 3.05) is 19.0 Å². The summed E-state index contributed by atoms with van der Waals surface area (Å²) in [6.45, 7) is 2.50. The minimum absolute atomic E-state index is 0.302. The molecule has 0 radical (unpaired) electrons. The smallest absolute Gasteiger partial charge is 0.321 e. The molecule has 1 fully saturated rings. The SMILES string of the molecule is CCOc1ccc(NC(=O)C2(C(=O)OC)CC2)cc1. The van der Waals surface area contributed by atoms with Crippen LogP contribution in [0.15, 0.2) is 24.3 Å². The molecule has 0 aromatic heterocycles. The van der Waals surface area contributed by atoms with Crippen LogP contribution in [0.2, 0.25) is 0 Å². The molecule has 0 saturated heterocycles. The normalized spacial score (nSPS) is 15.5. The van der Waals surface area contributed by atoms with E-state index in [0.717, 1.165) is 5.75 Å². The lowest BCUT2D eigenvalue weighted by Gasteiger charge is -2.13. The standard InChI is InChI=1S/C14H17NO4/c1-3-19-11-6-4-10(5-7-11)15-12(16)14(8-9-14)13(17)18-2/h4-7H,3,8-9H2,1-2H3,(H,15,16). The van der Waals surface area contributed by atoms with E-state index in [2.05, 4.69) is 10.1 Å². The average molecular weight is 263 g/mol. The molecule has 0 bridgehead atoms. The summed E-state index contributed by atoms with van der Waals surface area (Å²) in [4.78, 5) is 23.6. The fraction of sp³-hybridized carbons (Fsp3) is 0.429. The van der Waals surface area contributed by atoms with Crippen molar-refractivity contribution < 1.29 is 19.1 Å². The first kappa shape index (κ1) is 13.4. The van der Waals surface area contributed by atoms with Crippen LogP contribution in [-0.4, -0.2) is 25.6 Å². The van der Waals surface area contributed by atoms with Crippen LogP contribution < -0.4 is 10.1 Å². The third kappa shape index (κ3) is 2.70. The van der Waals surface area contributed by atoms with E-state index < -0.39 is 11.4 Å². The first-order valence-corrected chi connectivity index (χ1v) is 6.25. The van der Waals surface area contributed by atoms with Gasteiger partial charge in [-0.15, -0.1) is 0 Å². The fourth-order valence-electron chi connectivity index (χ4n) is 1.90. The summed E-state index contributed by atoms with van der Waals surface area (Å²) >= 11 is 0. The first-order valence-electron chi connectivity index (χ1n) is 6.25. The monoisotopic (exact) mass is 263 g/mol.